The van der Waals surface area contributed by atoms with Gasteiger partial charge in [-0.15, -0.1) is 19.7 Å². The van der Waals surface area contributed by atoms with Gasteiger partial charge >= 0.3 is 5.97 Å². The fourth-order valence-corrected chi connectivity index (χ4v) is 1.72. The molecular weight excluding hydrogens is 358 g/mol. The van der Waals surface area contributed by atoms with E-state index < -0.39 is 5.97 Å². The molecule has 1 rings (SSSR count). The van der Waals surface area contributed by atoms with Gasteiger partial charge in [0.15, 0.2) is 0 Å². The number of hydrogen-bond donors (Lipinski definition) is 2. The fraction of sp³-hybridized carbons (Fsp3) is 0.423. The molecule has 0 aromatic heterocycles. The molecule has 1 aliphatic rings. The molecule has 3 nitrogen and oxygen atoms in total. The number of carboxylic acid groups (broad SMARTS) is 1. The summed E-state index contributed by atoms with van der Waals surface area (Å²) in [6.45, 7) is 26.4. The zero-order chi connectivity index (χ0) is 23.2. The van der Waals surface area contributed by atoms with Crippen LogP contribution in [0.5, 0.6) is 0 Å². The maximum atomic E-state index is 10.8. The van der Waals surface area contributed by atoms with Gasteiger partial charge in [0.2, 0.25) is 0 Å². The summed E-state index contributed by atoms with van der Waals surface area (Å²) in [5, 5.41) is 12.3. The Morgan fingerprint density at radius 1 is 1.10 bits per heavy atom. The largest absolute Gasteiger partial charge is 0.478 e. The van der Waals surface area contributed by atoms with E-state index in [1.165, 1.54) is 22.3 Å². The number of hydrogen-bond acceptors (Lipinski definition) is 2. The minimum absolute atomic E-state index is 0.331. The van der Waals surface area contributed by atoms with E-state index in [4.69, 9.17) is 5.11 Å². The van der Waals surface area contributed by atoms with Gasteiger partial charge in [-0.05, 0) is 53.5 Å². The molecule has 0 aliphatic heterocycles. The van der Waals surface area contributed by atoms with Crippen molar-refractivity contribution in [2.24, 2.45) is 0 Å². The molecule has 1 aliphatic carbocycles. The van der Waals surface area contributed by atoms with Crippen LogP contribution >= 0.6 is 0 Å². The van der Waals surface area contributed by atoms with E-state index in [9.17, 15) is 4.79 Å². The Hall–Kier alpha value is -2.39. The molecule has 164 valence electrons. The van der Waals surface area contributed by atoms with Crippen LogP contribution in [0, 0.1) is 0 Å². The summed E-state index contributed by atoms with van der Waals surface area (Å²) in [7, 11) is 0. The van der Waals surface area contributed by atoms with Crippen LogP contribution < -0.4 is 5.32 Å². The second-order valence-corrected chi connectivity index (χ2v) is 6.95. The molecule has 0 heterocycles. The molecular formula is C26H43NO2. The molecule has 0 aromatic rings. The molecule has 0 spiro atoms. The van der Waals surface area contributed by atoms with E-state index in [0.717, 1.165) is 25.9 Å². The van der Waals surface area contributed by atoms with Gasteiger partial charge in [-0.25, -0.2) is 4.79 Å². The number of carboxylic acids is 1. The fourth-order valence-electron chi connectivity index (χ4n) is 1.72. The monoisotopic (exact) mass is 401 g/mol. The average Bonchev–Trinajstić information content (AvgIpc) is 2.86. The van der Waals surface area contributed by atoms with E-state index in [-0.39, 0.29) is 0 Å². The van der Waals surface area contributed by atoms with E-state index in [2.05, 4.69) is 38.1 Å². The summed E-state index contributed by atoms with van der Waals surface area (Å²) in [4.78, 5) is 10.8. The van der Waals surface area contributed by atoms with Crippen LogP contribution in [0.3, 0.4) is 0 Å². The summed E-state index contributed by atoms with van der Waals surface area (Å²) >= 11 is 0. The van der Waals surface area contributed by atoms with Gasteiger partial charge in [-0.3, -0.25) is 0 Å². The standard InChI is InChI=1S/C16H21NO2.2C4H8.C2H6/c1-3-4-6-13(2)11-17-12-14-7-5-8-15(10-9-14)16(18)19;2*1-4(2)3;1-2/h3,5-6,8-10,17H,1,4,7,11-12H2,2H3,(H,18,19);2*1H2,2-3H3;1-2H3/b13-6+;;;. The molecule has 29 heavy (non-hydrogen) atoms. The number of nitrogens with one attached hydrogen (secondary N) is 1. The topological polar surface area (TPSA) is 49.3 Å². The van der Waals surface area contributed by atoms with Crippen LogP contribution in [0.25, 0.3) is 0 Å². The number of aliphatic carboxylic acids is 1. The van der Waals surface area contributed by atoms with E-state index >= 15 is 0 Å². The lowest BCUT2D eigenvalue weighted by molar-refractivity contribution is -0.132. The number of carbonyl (C=O) groups is 1. The molecule has 0 fully saturated rings. The third-order valence-corrected chi connectivity index (χ3v) is 2.81. The molecule has 0 saturated carbocycles. The summed E-state index contributed by atoms with van der Waals surface area (Å²) in [6.07, 6.45) is 12.8. The second kappa shape index (κ2) is 21.9. The van der Waals surface area contributed by atoms with Crippen LogP contribution in [0.1, 0.15) is 61.3 Å². The normalized spacial score (nSPS) is 12.2. The first-order valence-corrected chi connectivity index (χ1v) is 10.1. The SMILES string of the molecule is C=C(C)C.C=C(C)C.C=CC/C=C(\C)CNCC1=CC=C(C(=O)O)C=CC1.CC. The summed E-state index contributed by atoms with van der Waals surface area (Å²) in [5.74, 6) is -0.884. The Morgan fingerprint density at radius 2 is 1.62 bits per heavy atom. The predicted octanol–water partition coefficient (Wildman–Crippen LogP) is 7.19. The molecule has 0 radical (unpaired) electrons. The van der Waals surface area contributed by atoms with Crippen LogP contribution in [0.4, 0.5) is 0 Å². The molecule has 0 atom stereocenters. The van der Waals surface area contributed by atoms with Crippen molar-refractivity contribution in [3.63, 3.8) is 0 Å². The highest BCUT2D eigenvalue weighted by Crippen LogP contribution is 2.11. The lowest BCUT2D eigenvalue weighted by atomic mass is 10.1. The molecule has 0 amide bonds. The quantitative estimate of drug-likeness (QED) is 0.444. The highest BCUT2D eigenvalue weighted by molar-refractivity contribution is 5.90. The van der Waals surface area contributed by atoms with Crippen molar-refractivity contribution in [1.29, 1.82) is 0 Å². The Balaban J connectivity index is -0.000000566. The summed E-state index contributed by atoms with van der Waals surface area (Å²) in [5.41, 5.74) is 5.13. The van der Waals surface area contributed by atoms with Crippen molar-refractivity contribution in [2.45, 2.75) is 61.3 Å². The Morgan fingerprint density at radius 3 is 2.07 bits per heavy atom. The molecule has 0 bridgehead atoms. The summed E-state index contributed by atoms with van der Waals surface area (Å²) in [6, 6.07) is 0. The zero-order valence-corrected chi connectivity index (χ0v) is 19.8. The third kappa shape index (κ3) is 27.9. The van der Waals surface area contributed by atoms with Gasteiger partial charge in [-0.2, -0.15) is 0 Å². The smallest absolute Gasteiger partial charge is 0.335 e. The number of allylic oxidation sites excluding steroid dienone is 7. The first-order valence-electron chi connectivity index (χ1n) is 10.1. The highest BCUT2D eigenvalue weighted by atomic mass is 16.4. The zero-order valence-electron chi connectivity index (χ0n) is 19.8. The molecule has 3 heteroatoms. The second-order valence-electron chi connectivity index (χ2n) is 6.95. The average molecular weight is 402 g/mol. The minimum atomic E-state index is -0.884. The lowest BCUT2D eigenvalue weighted by Gasteiger charge is -2.06. The minimum Gasteiger partial charge on any atom is -0.478 e. The van der Waals surface area contributed by atoms with Gasteiger partial charge in [0, 0.05) is 13.1 Å². The predicted molar refractivity (Wildman–Crippen MR) is 131 cm³/mol. The lowest BCUT2D eigenvalue weighted by Crippen LogP contribution is -2.19. The maximum absolute atomic E-state index is 10.8. The van der Waals surface area contributed by atoms with Crippen LogP contribution in [-0.2, 0) is 4.79 Å². The summed E-state index contributed by atoms with van der Waals surface area (Å²) < 4.78 is 0. The van der Waals surface area contributed by atoms with Crippen molar-refractivity contribution in [3.05, 3.63) is 84.1 Å². The van der Waals surface area contributed by atoms with E-state index in [1.54, 1.807) is 12.2 Å². The highest BCUT2D eigenvalue weighted by Gasteiger charge is 2.05. The van der Waals surface area contributed by atoms with Gasteiger partial charge in [0.25, 0.3) is 0 Å². The van der Waals surface area contributed by atoms with Crippen molar-refractivity contribution in [1.82, 2.24) is 5.32 Å². The molecule has 2 N–H and O–H groups in total. The van der Waals surface area contributed by atoms with Crippen LogP contribution in [0.2, 0.25) is 0 Å². The van der Waals surface area contributed by atoms with Crippen molar-refractivity contribution in [2.75, 3.05) is 13.1 Å². The van der Waals surface area contributed by atoms with Gasteiger partial charge < -0.3 is 10.4 Å². The third-order valence-electron chi connectivity index (χ3n) is 2.81. The molecule has 0 saturated heterocycles. The van der Waals surface area contributed by atoms with E-state index in [1.807, 2.05) is 59.8 Å². The molecule has 0 aromatic carbocycles. The Bertz CT molecular complexity index is 597. The van der Waals surface area contributed by atoms with Crippen molar-refractivity contribution in [3.8, 4) is 0 Å². The van der Waals surface area contributed by atoms with Crippen molar-refractivity contribution < 1.29 is 9.90 Å². The first kappa shape index (κ1) is 31.3. The van der Waals surface area contributed by atoms with Gasteiger partial charge in [-0.1, -0.05) is 66.5 Å². The van der Waals surface area contributed by atoms with Crippen LogP contribution in [0.15, 0.2) is 84.1 Å². The number of rotatable bonds is 7. The van der Waals surface area contributed by atoms with Crippen LogP contribution in [-0.4, -0.2) is 24.2 Å². The Kier molecular flexibility index (Phi) is 23.6. The molecule has 0 unspecified atom stereocenters. The van der Waals surface area contributed by atoms with Gasteiger partial charge in [0.05, 0.1) is 5.57 Å². The van der Waals surface area contributed by atoms with Crippen molar-refractivity contribution >= 4 is 5.97 Å². The Labute approximate surface area is 180 Å². The first-order chi connectivity index (χ1) is 13.6. The van der Waals surface area contributed by atoms with E-state index in [0.29, 0.717) is 5.57 Å². The maximum Gasteiger partial charge on any atom is 0.335 e. The van der Waals surface area contributed by atoms with Gasteiger partial charge in [0.1, 0.15) is 0 Å².